The number of benzene rings is 9. The summed E-state index contributed by atoms with van der Waals surface area (Å²) in [4.78, 5) is 2.60. The van der Waals surface area contributed by atoms with Crippen molar-refractivity contribution in [2.24, 2.45) is 0 Å². The summed E-state index contributed by atoms with van der Waals surface area (Å²) < 4.78 is 13.3. The Morgan fingerprint density at radius 3 is 1.79 bits per heavy atom. The number of hydrogen-bond donors (Lipinski definition) is 0. The van der Waals surface area contributed by atoms with E-state index in [1.807, 2.05) is 0 Å². The number of rotatable bonds is 5. The van der Waals surface area contributed by atoms with Crippen LogP contribution in [0, 0.1) is 0 Å². The molecule has 4 aliphatic rings. The van der Waals surface area contributed by atoms with Gasteiger partial charge in [-0.05, 0) is 130 Å². The highest BCUT2D eigenvalue weighted by Gasteiger charge is 2.52. The monoisotopic (exact) mass is 847 g/mol. The molecule has 3 nitrogen and oxygen atoms in total. The van der Waals surface area contributed by atoms with Crippen LogP contribution in [0.15, 0.2) is 217 Å². The van der Waals surface area contributed by atoms with Crippen molar-refractivity contribution in [2.75, 3.05) is 4.90 Å². The molecule has 1 aliphatic heterocycles. The summed E-state index contributed by atoms with van der Waals surface area (Å²) in [6.45, 7) is 0. The smallest absolute Gasteiger partial charge is 0.135 e. The second kappa shape index (κ2) is 14.3. The van der Waals surface area contributed by atoms with Crippen LogP contribution in [-0.2, 0) is 10.8 Å². The summed E-state index contributed by atoms with van der Waals surface area (Å²) >= 11 is 0. The Morgan fingerprint density at radius 2 is 1.02 bits per heavy atom. The molecule has 0 N–H and O–H groups in total. The van der Waals surface area contributed by atoms with Crippen LogP contribution >= 0.6 is 0 Å². The Balaban J connectivity index is 1.01. The molecule has 314 valence electrons. The van der Waals surface area contributed by atoms with E-state index in [0.29, 0.717) is 0 Å². The molecule has 1 saturated carbocycles. The van der Waals surface area contributed by atoms with Crippen LogP contribution in [-0.4, -0.2) is 0 Å². The van der Waals surface area contributed by atoms with Crippen LogP contribution in [0.1, 0.15) is 65.5 Å². The predicted octanol–water partition coefficient (Wildman–Crippen LogP) is 16.9. The van der Waals surface area contributed by atoms with Crippen LogP contribution in [0.2, 0.25) is 0 Å². The van der Waals surface area contributed by atoms with E-state index in [1.165, 1.54) is 97.4 Å². The van der Waals surface area contributed by atoms with Gasteiger partial charge in [0, 0.05) is 38.7 Å². The minimum absolute atomic E-state index is 0.0679. The molecule has 14 rings (SSSR count). The fourth-order valence-electron chi connectivity index (χ4n) is 12.6. The zero-order valence-electron chi connectivity index (χ0n) is 36.5. The van der Waals surface area contributed by atoms with Gasteiger partial charge in [-0.25, -0.2) is 0 Å². The molecule has 9 aromatic carbocycles. The van der Waals surface area contributed by atoms with E-state index in [-0.39, 0.29) is 5.41 Å². The van der Waals surface area contributed by atoms with Gasteiger partial charge in [0.15, 0.2) is 0 Å². The molecule has 3 aliphatic carbocycles. The van der Waals surface area contributed by atoms with Gasteiger partial charge in [0.1, 0.15) is 22.8 Å². The van der Waals surface area contributed by atoms with Crippen molar-refractivity contribution in [3.8, 4) is 56.2 Å². The first-order valence-corrected chi connectivity index (χ1v) is 23.5. The zero-order chi connectivity index (χ0) is 43.4. The number of hydrogen-bond acceptors (Lipinski definition) is 3. The van der Waals surface area contributed by atoms with E-state index in [1.54, 1.807) is 0 Å². The second-order valence-electron chi connectivity index (χ2n) is 18.6. The lowest BCUT2D eigenvalue weighted by molar-refractivity contribution is 0.353. The average Bonchev–Trinajstić information content (AvgIpc) is 4.03. The molecule has 2 heterocycles. The van der Waals surface area contributed by atoms with E-state index in [2.05, 4.69) is 217 Å². The maximum absolute atomic E-state index is 6.73. The number of nitrogens with zero attached hydrogens (tertiary/aromatic N) is 1. The lowest BCUT2D eigenvalue weighted by Crippen LogP contribution is -2.32. The lowest BCUT2D eigenvalue weighted by atomic mass is 9.66. The predicted molar refractivity (Wildman–Crippen MR) is 268 cm³/mol. The standard InChI is InChI=1S/C63H45NO2/c1-3-17-41(18-4-1)43-33-36-56-44(39-43)40-59(65-56)42-31-34-45(35-32-42)64(55-28-15-21-47-46-19-5-7-22-49(46)62(61(47)55)37-13-2-14-38-62)54-27-16-26-53-60(54)48-20-6-8-23-50(48)63(53)51-24-9-11-29-57(51)66-58-30-12-10-25-52(58)63/h1,3-12,15-36,39-40H,2,13-14,37-38H2. The largest absolute Gasteiger partial charge is 0.457 e. The highest BCUT2D eigenvalue weighted by atomic mass is 16.5. The fourth-order valence-corrected chi connectivity index (χ4v) is 12.6. The molecule has 66 heavy (non-hydrogen) atoms. The van der Waals surface area contributed by atoms with Gasteiger partial charge in [-0.15, -0.1) is 0 Å². The highest BCUT2D eigenvalue weighted by molar-refractivity contribution is 6.00. The van der Waals surface area contributed by atoms with Gasteiger partial charge in [0.25, 0.3) is 0 Å². The van der Waals surface area contributed by atoms with Crippen molar-refractivity contribution in [2.45, 2.75) is 42.9 Å². The van der Waals surface area contributed by atoms with E-state index < -0.39 is 5.41 Å². The molecule has 0 atom stereocenters. The lowest BCUT2D eigenvalue weighted by Gasteiger charge is -2.40. The highest BCUT2D eigenvalue weighted by Crippen LogP contribution is 2.65. The molecular formula is C63H45NO2. The van der Waals surface area contributed by atoms with Gasteiger partial charge >= 0.3 is 0 Å². The number of anilines is 3. The third kappa shape index (κ3) is 5.20. The average molecular weight is 848 g/mol. The topological polar surface area (TPSA) is 25.6 Å². The van der Waals surface area contributed by atoms with Crippen molar-refractivity contribution < 1.29 is 9.15 Å². The van der Waals surface area contributed by atoms with Gasteiger partial charge in [-0.2, -0.15) is 0 Å². The van der Waals surface area contributed by atoms with Crippen molar-refractivity contribution in [1.82, 2.24) is 0 Å². The number of fused-ring (bicyclic) bond motifs is 15. The third-order valence-corrected chi connectivity index (χ3v) is 15.3. The number of para-hydroxylation sites is 2. The molecule has 3 heteroatoms. The number of furan rings is 1. The molecule has 0 radical (unpaired) electrons. The maximum Gasteiger partial charge on any atom is 0.135 e. The normalized spacial score (nSPS) is 15.3. The number of ether oxygens (including phenoxy) is 1. The van der Waals surface area contributed by atoms with Crippen LogP contribution in [0.5, 0.6) is 11.5 Å². The fraction of sp³-hybridized carbons (Fsp3) is 0.111. The first kappa shape index (κ1) is 37.5. The van der Waals surface area contributed by atoms with Gasteiger partial charge < -0.3 is 14.1 Å². The molecule has 0 unspecified atom stereocenters. The SMILES string of the molecule is c1ccc(-c2ccc3oc(-c4ccc(N(c5cccc6c5-c5ccccc5C65c6ccccc6Oc6ccccc65)c5cccc6c5C5(CCCCC5)c5ccccc5-6)cc4)cc3c2)cc1. The van der Waals surface area contributed by atoms with Gasteiger partial charge in [0.2, 0.25) is 0 Å². The molecule has 1 fully saturated rings. The molecular weight excluding hydrogens is 803 g/mol. The summed E-state index contributed by atoms with van der Waals surface area (Å²) in [6.07, 6.45) is 6.01. The molecule has 0 saturated heterocycles. The Hall–Kier alpha value is -7.88. The first-order chi connectivity index (χ1) is 32.7. The van der Waals surface area contributed by atoms with Crippen LogP contribution in [0.4, 0.5) is 17.1 Å². The van der Waals surface area contributed by atoms with Crippen molar-refractivity contribution >= 4 is 28.0 Å². The summed E-state index contributed by atoms with van der Waals surface area (Å²) in [5.74, 6) is 2.66. The molecule has 2 spiro atoms. The summed E-state index contributed by atoms with van der Waals surface area (Å²) in [6, 6.07) is 78.1. The van der Waals surface area contributed by atoms with Gasteiger partial charge in [0.05, 0.1) is 16.8 Å². The minimum atomic E-state index is -0.579. The molecule has 1 aromatic heterocycles. The van der Waals surface area contributed by atoms with E-state index >= 15 is 0 Å². The summed E-state index contributed by atoms with van der Waals surface area (Å²) in [5.41, 5.74) is 20.3. The Kier molecular flexibility index (Phi) is 8.13. The molecule has 0 amide bonds. The minimum Gasteiger partial charge on any atom is -0.457 e. The molecule has 0 bridgehead atoms. The van der Waals surface area contributed by atoms with E-state index in [4.69, 9.17) is 9.15 Å². The van der Waals surface area contributed by atoms with Crippen LogP contribution < -0.4 is 9.64 Å². The Morgan fingerprint density at radius 1 is 0.409 bits per heavy atom. The summed E-state index contributed by atoms with van der Waals surface area (Å²) in [5, 5.41) is 1.10. The molecule has 10 aromatic rings. The van der Waals surface area contributed by atoms with Crippen LogP contribution in [0.25, 0.3) is 55.7 Å². The zero-order valence-corrected chi connectivity index (χ0v) is 36.5. The van der Waals surface area contributed by atoms with E-state index in [9.17, 15) is 0 Å². The van der Waals surface area contributed by atoms with Crippen LogP contribution in [0.3, 0.4) is 0 Å². The first-order valence-electron chi connectivity index (χ1n) is 23.5. The Labute approximate surface area is 385 Å². The third-order valence-electron chi connectivity index (χ3n) is 15.3. The van der Waals surface area contributed by atoms with Crippen molar-refractivity contribution in [1.29, 1.82) is 0 Å². The quantitative estimate of drug-likeness (QED) is 0.173. The van der Waals surface area contributed by atoms with Gasteiger partial charge in [-0.1, -0.05) is 165 Å². The van der Waals surface area contributed by atoms with Crippen molar-refractivity contribution in [3.05, 3.63) is 246 Å². The summed E-state index contributed by atoms with van der Waals surface area (Å²) in [7, 11) is 0. The van der Waals surface area contributed by atoms with E-state index in [0.717, 1.165) is 52.3 Å². The Bertz CT molecular complexity index is 3510. The van der Waals surface area contributed by atoms with Gasteiger partial charge in [-0.3, -0.25) is 0 Å². The van der Waals surface area contributed by atoms with Crippen molar-refractivity contribution in [3.63, 3.8) is 0 Å². The maximum atomic E-state index is 6.73. The second-order valence-corrected chi connectivity index (χ2v) is 18.6.